The zero-order chi connectivity index (χ0) is 18.8. The van der Waals surface area contributed by atoms with Gasteiger partial charge in [-0.15, -0.1) is 0 Å². The number of sulfone groups is 1. The molecule has 0 radical (unpaired) electrons. The van der Waals surface area contributed by atoms with Crippen LogP contribution in [0.2, 0.25) is 0 Å². The molecular weight excluding hydrogens is 348 g/mol. The van der Waals surface area contributed by atoms with E-state index in [0.717, 1.165) is 38.7 Å². The molecule has 7 heteroatoms. The second-order valence-electron chi connectivity index (χ2n) is 6.31. The Bertz CT molecular complexity index is 694. The van der Waals surface area contributed by atoms with E-state index in [1.54, 1.807) is 14.0 Å². The highest BCUT2D eigenvalue weighted by molar-refractivity contribution is 7.91. The van der Waals surface area contributed by atoms with E-state index in [9.17, 15) is 8.42 Å². The average molecular weight is 379 g/mol. The predicted molar refractivity (Wildman–Crippen MR) is 109 cm³/mol. The van der Waals surface area contributed by atoms with Crippen LogP contribution in [0.25, 0.3) is 6.08 Å². The molecule has 0 aliphatic carbocycles. The van der Waals surface area contributed by atoms with Gasteiger partial charge in [0.2, 0.25) is 0 Å². The highest BCUT2D eigenvalue weighted by Gasteiger charge is 2.19. The molecular formula is C19H30N4O2S. The van der Waals surface area contributed by atoms with Gasteiger partial charge >= 0.3 is 0 Å². The summed E-state index contributed by atoms with van der Waals surface area (Å²) in [6, 6.07) is 10.3. The Balaban J connectivity index is 1.73. The molecule has 0 bridgehead atoms. The van der Waals surface area contributed by atoms with E-state index < -0.39 is 9.84 Å². The van der Waals surface area contributed by atoms with Gasteiger partial charge in [-0.2, -0.15) is 0 Å². The Morgan fingerprint density at radius 3 is 2.50 bits per heavy atom. The number of benzene rings is 1. The summed E-state index contributed by atoms with van der Waals surface area (Å²) in [6.07, 6.45) is 4.36. The average Bonchev–Trinajstić information content (AvgIpc) is 2.67. The number of rotatable bonds is 7. The van der Waals surface area contributed by atoms with Gasteiger partial charge in [-0.1, -0.05) is 49.4 Å². The Labute approximate surface area is 157 Å². The first-order valence-corrected chi connectivity index (χ1v) is 11.0. The van der Waals surface area contributed by atoms with E-state index in [1.807, 2.05) is 18.2 Å². The summed E-state index contributed by atoms with van der Waals surface area (Å²) in [6.45, 7) is 6.72. The Kier molecular flexibility index (Phi) is 8.12. The van der Waals surface area contributed by atoms with Gasteiger partial charge in [0, 0.05) is 52.1 Å². The molecule has 2 rings (SSSR count). The van der Waals surface area contributed by atoms with Crippen LogP contribution in [0.4, 0.5) is 0 Å². The highest BCUT2D eigenvalue weighted by Crippen LogP contribution is 2.05. The monoisotopic (exact) mass is 378 g/mol. The minimum atomic E-state index is -2.95. The summed E-state index contributed by atoms with van der Waals surface area (Å²) < 4.78 is 23.2. The molecule has 0 saturated carbocycles. The fourth-order valence-corrected chi connectivity index (χ4v) is 3.54. The lowest BCUT2D eigenvalue weighted by Crippen LogP contribution is -2.52. The van der Waals surface area contributed by atoms with Crippen LogP contribution >= 0.6 is 0 Å². The van der Waals surface area contributed by atoms with Crippen molar-refractivity contribution in [2.45, 2.75) is 6.92 Å². The summed E-state index contributed by atoms with van der Waals surface area (Å²) in [5, 5.41) is 3.17. The summed E-state index contributed by atoms with van der Waals surface area (Å²) >= 11 is 0. The Morgan fingerprint density at radius 2 is 1.88 bits per heavy atom. The smallest absolute Gasteiger partial charge is 0.193 e. The summed E-state index contributed by atoms with van der Waals surface area (Å²) in [5.41, 5.74) is 1.22. The molecule has 0 spiro atoms. The second kappa shape index (κ2) is 10.3. The molecule has 1 N–H and O–H groups in total. The third-order valence-corrected chi connectivity index (χ3v) is 6.20. The van der Waals surface area contributed by atoms with Crippen molar-refractivity contribution in [3.05, 3.63) is 42.0 Å². The van der Waals surface area contributed by atoms with Crippen LogP contribution < -0.4 is 5.32 Å². The predicted octanol–water partition coefficient (Wildman–Crippen LogP) is 1.33. The summed E-state index contributed by atoms with van der Waals surface area (Å²) in [4.78, 5) is 8.89. The van der Waals surface area contributed by atoms with Crippen molar-refractivity contribution in [3.8, 4) is 0 Å². The number of nitrogens with one attached hydrogen (secondary N) is 1. The third kappa shape index (κ3) is 6.80. The molecule has 1 aromatic rings. The van der Waals surface area contributed by atoms with Crippen molar-refractivity contribution in [1.82, 2.24) is 15.1 Å². The first kappa shape index (κ1) is 20.5. The molecule has 0 atom stereocenters. The largest absolute Gasteiger partial charge is 0.355 e. The maximum Gasteiger partial charge on any atom is 0.193 e. The number of hydrogen-bond acceptors (Lipinski definition) is 4. The molecule has 0 amide bonds. The van der Waals surface area contributed by atoms with Crippen LogP contribution in [0, 0.1) is 0 Å². The quantitative estimate of drug-likeness (QED) is 0.573. The van der Waals surface area contributed by atoms with Crippen molar-refractivity contribution in [1.29, 1.82) is 0 Å². The second-order valence-corrected chi connectivity index (χ2v) is 8.78. The van der Waals surface area contributed by atoms with E-state index in [0.29, 0.717) is 6.54 Å². The van der Waals surface area contributed by atoms with E-state index in [2.05, 4.69) is 44.4 Å². The minimum Gasteiger partial charge on any atom is -0.355 e. The minimum absolute atomic E-state index is 0.146. The van der Waals surface area contributed by atoms with Crippen LogP contribution in [-0.2, 0) is 9.84 Å². The molecule has 144 valence electrons. The third-order valence-electron chi connectivity index (χ3n) is 4.49. The Hall–Kier alpha value is -1.86. The van der Waals surface area contributed by atoms with Crippen LogP contribution in [0.1, 0.15) is 12.5 Å². The van der Waals surface area contributed by atoms with Gasteiger partial charge in [-0.05, 0) is 5.56 Å². The van der Waals surface area contributed by atoms with Gasteiger partial charge in [0.1, 0.15) is 0 Å². The molecule has 1 aliphatic heterocycles. The van der Waals surface area contributed by atoms with Crippen LogP contribution in [0.3, 0.4) is 0 Å². The lowest BCUT2D eigenvalue weighted by Gasteiger charge is -2.36. The van der Waals surface area contributed by atoms with Gasteiger partial charge < -0.3 is 10.2 Å². The lowest BCUT2D eigenvalue weighted by atomic mass is 10.2. The highest BCUT2D eigenvalue weighted by atomic mass is 32.2. The van der Waals surface area contributed by atoms with Gasteiger partial charge in [-0.3, -0.25) is 9.89 Å². The van der Waals surface area contributed by atoms with Crippen LogP contribution in [0.15, 0.2) is 41.4 Å². The maximum atomic E-state index is 11.6. The summed E-state index contributed by atoms with van der Waals surface area (Å²) in [5.74, 6) is 1.12. The number of piperazine rings is 1. The van der Waals surface area contributed by atoms with Crippen molar-refractivity contribution >= 4 is 21.9 Å². The first-order chi connectivity index (χ1) is 12.5. The zero-order valence-electron chi connectivity index (χ0n) is 15.8. The van der Waals surface area contributed by atoms with Gasteiger partial charge in [0.25, 0.3) is 0 Å². The van der Waals surface area contributed by atoms with Gasteiger partial charge in [0.05, 0.1) is 5.75 Å². The molecule has 0 unspecified atom stereocenters. The molecule has 0 aromatic heterocycles. The van der Waals surface area contributed by atoms with Gasteiger partial charge in [-0.25, -0.2) is 8.42 Å². The van der Waals surface area contributed by atoms with E-state index in [4.69, 9.17) is 0 Å². The molecule has 1 aromatic carbocycles. The van der Waals surface area contributed by atoms with Gasteiger partial charge in [0.15, 0.2) is 15.8 Å². The standard InChI is InChI=1S/C19H30N4O2S/c1-3-26(24,25)17-11-21-19(20-2)23-15-13-22(14-16-23)12-7-10-18-8-5-4-6-9-18/h4-10H,3,11-17H2,1-2H3,(H,20,21). The van der Waals surface area contributed by atoms with Crippen molar-refractivity contribution < 1.29 is 8.42 Å². The molecule has 1 aliphatic rings. The fraction of sp³-hybridized carbons (Fsp3) is 0.526. The van der Waals surface area contributed by atoms with Crippen molar-refractivity contribution in [2.24, 2.45) is 4.99 Å². The zero-order valence-corrected chi connectivity index (χ0v) is 16.6. The molecule has 26 heavy (non-hydrogen) atoms. The van der Waals surface area contributed by atoms with Crippen molar-refractivity contribution in [3.63, 3.8) is 0 Å². The first-order valence-electron chi connectivity index (χ1n) is 9.14. The molecule has 6 nitrogen and oxygen atoms in total. The number of guanidine groups is 1. The van der Waals surface area contributed by atoms with Crippen LogP contribution in [-0.4, -0.2) is 82.0 Å². The molecule has 1 fully saturated rings. The number of nitrogens with zero attached hydrogens (tertiary/aromatic N) is 3. The molecule has 1 saturated heterocycles. The maximum absolute atomic E-state index is 11.6. The normalized spacial score (nSPS) is 17.0. The SMILES string of the molecule is CCS(=O)(=O)CCNC(=NC)N1CCN(CC=Cc2ccccc2)CC1. The van der Waals surface area contributed by atoms with E-state index in [-0.39, 0.29) is 11.5 Å². The topological polar surface area (TPSA) is 65.0 Å². The van der Waals surface area contributed by atoms with E-state index >= 15 is 0 Å². The van der Waals surface area contributed by atoms with Crippen molar-refractivity contribution in [2.75, 3.05) is 57.8 Å². The number of aliphatic imine (C=N–C) groups is 1. The Morgan fingerprint density at radius 1 is 1.19 bits per heavy atom. The lowest BCUT2D eigenvalue weighted by molar-refractivity contribution is 0.194. The number of hydrogen-bond donors (Lipinski definition) is 1. The molecule has 1 heterocycles. The fourth-order valence-electron chi connectivity index (χ4n) is 2.84. The van der Waals surface area contributed by atoms with E-state index in [1.165, 1.54) is 5.56 Å². The van der Waals surface area contributed by atoms with Crippen LogP contribution in [0.5, 0.6) is 0 Å². The summed E-state index contributed by atoms with van der Waals surface area (Å²) in [7, 11) is -1.21.